The molecule has 2 aromatic heterocycles. The van der Waals surface area contributed by atoms with Gasteiger partial charge in [-0.3, -0.25) is 4.57 Å². The number of para-hydroxylation sites is 1. The molecule has 2 atom stereocenters. The quantitative estimate of drug-likeness (QED) is 0.171. The zero-order chi connectivity index (χ0) is 37.0. The molecule has 2 unspecified atom stereocenters. The molecule has 0 bridgehead atoms. The van der Waals surface area contributed by atoms with Crippen molar-refractivity contribution in [3.63, 3.8) is 0 Å². The number of rotatable bonds is 6. The highest BCUT2D eigenvalue weighted by Crippen LogP contribution is 2.53. The molecular formula is C51H34N4S. The van der Waals surface area contributed by atoms with Crippen LogP contribution in [0, 0.1) is 0 Å². The molecule has 0 N–H and O–H groups in total. The molecule has 0 saturated carbocycles. The minimum atomic E-state index is 0.127. The monoisotopic (exact) mass is 734 g/mol. The van der Waals surface area contributed by atoms with Gasteiger partial charge in [0.2, 0.25) is 5.95 Å². The summed E-state index contributed by atoms with van der Waals surface area (Å²) >= 11 is 1.91. The Hall–Kier alpha value is -6.82. The number of hydrogen-bond acceptors (Lipinski definition) is 4. The van der Waals surface area contributed by atoms with Gasteiger partial charge in [-0.05, 0) is 69.3 Å². The summed E-state index contributed by atoms with van der Waals surface area (Å²) < 4.78 is 2.22. The van der Waals surface area contributed by atoms with Crippen molar-refractivity contribution in [2.24, 2.45) is 0 Å². The molecule has 1 aliphatic carbocycles. The minimum absolute atomic E-state index is 0.127. The lowest BCUT2D eigenvalue weighted by molar-refractivity contribution is 0.867. The van der Waals surface area contributed by atoms with Gasteiger partial charge in [0.1, 0.15) is 0 Å². The van der Waals surface area contributed by atoms with E-state index in [4.69, 9.17) is 15.0 Å². The van der Waals surface area contributed by atoms with Gasteiger partial charge < -0.3 is 0 Å². The van der Waals surface area contributed by atoms with E-state index >= 15 is 0 Å². The zero-order valence-corrected chi connectivity index (χ0v) is 31.1. The summed E-state index contributed by atoms with van der Waals surface area (Å²) in [6.07, 6.45) is 6.74. The van der Waals surface area contributed by atoms with Crippen molar-refractivity contribution >= 4 is 39.1 Å². The third-order valence-electron chi connectivity index (χ3n) is 11.0. The maximum atomic E-state index is 5.38. The Bertz CT molecular complexity index is 3000. The molecule has 264 valence electrons. The van der Waals surface area contributed by atoms with E-state index in [9.17, 15) is 0 Å². The first kappa shape index (κ1) is 32.6. The summed E-state index contributed by atoms with van der Waals surface area (Å²) in [4.78, 5) is 17.1. The Kier molecular flexibility index (Phi) is 7.85. The van der Waals surface area contributed by atoms with Crippen molar-refractivity contribution in [1.29, 1.82) is 0 Å². The summed E-state index contributed by atoms with van der Waals surface area (Å²) in [5, 5.41) is 2.45. The Morgan fingerprint density at radius 1 is 0.446 bits per heavy atom. The molecule has 56 heavy (non-hydrogen) atoms. The number of allylic oxidation sites excluding steroid dienone is 3. The van der Waals surface area contributed by atoms with Gasteiger partial charge in [0, 0.05) is 38.0 Å². The summed E-state index contributed by atoms with van der Waals surface area (Å²) in [5.41, 5.74) is 12.7. The van der Waals surface area contributed by atoms with E-state index in [0.29, 0.717) is 17.6 Å². The highest BCUT2D eigenvalue weighted by Gasteiger charge is 2.37. The number of fused-ring (bicyclic) bond motifs is 6. The summed E-state index contributed by atoms with van der Waals surface area (Å²) in [6.45, 7) is 0. The second-order valence-corrected chi connectivity index (χ2v) is 15.6. The molecular weight excluding hydrogens is 701 g/mol. The molecule has 0 amide bonds. The SMILES string of the molecule is C1=CC2c3cc(-c4cccc(-c5ccccc5)c4)ccc3SC2C(c2nc(-c3ccccc3)nc(-n3c4ccccc4c4ccc(-c5ccccc5)cc43)n2)=C1. The third kappa shape index (κ3) is 5.59. The molecule has 0 spiro atoms. The number of thioether (sulfide) groups is 1. The van der Waals surface area contributed by atoms with Crippen LogP contribution in [0.15, 0.2) is 199 Å². The predicted octanol–water partition coefficient (Wildman–Crippen LogP) is 12.8. The van der Waals surface area contributed by atoms with Crippen LogP contribution in [-0.4, -0.2) is 24.8 Å². The maximum absolute atomic E-state index is 5.38. The Morgan fingerprint density at radius 2 is 1.04 bits per heavy atom. The van der Waals surface area contributed by atoms with Crippen LogP contribution in [0.1, 0.15) is 17.3 Å². The molecule has 5 heteroatoms. The molecule has 0 fully saturated rings. The van der Waals surface area contributed by atoms with Crippen LogP contribution in [-0.2, 0) is 0 Å². The van der Waals surface area contributed by atoms with Crippen LogP contribution < -0.4 is 0 Å². The van der Waals surface area contributed by atoms with E-state index in [-0.39, 0.29) is 11.2 Å². The van der Waals surface area contributed by atoms with Gasteiger partial charge in [-0.25, -0.2) is 4.98 Å². The van der Waals surface area contributed by atoms with Crippen molar-refractivity contribution in [3.8, 4) is 50.7 Å². The van der Waals surface area contributed by atoms with Crippen molar-refractivity contribution < 1.29 is 0 Å². The standard InChI is InChI=1S/C51H34N4S/c1-4-14-33(15-5-1)36-20-12-21-37(30-36)38-27-29-47-44(31-38)42-23-13-24-43(48(42)56-47)50-52-49(35-18-8-3-9-19-35)53-51(54-50)55-45-25-11-10-22-40(45)41-28-26-39(32-46(41)55)34-16-6-2-7-17-34/h1-32,42,48H. The Balaban J connectivity index is 1.03. The predicted molar refractivity (Wildman–Crippen MR) is 232 cm³/mol. The highest BCUT2D eigenvalue weighted by molar-refractivity contribution is 8.00. The first-order chi connectivity index (χ1) is 27.7. The van der Waals surface area contributed by atoms with Gasteiger partial charge in [-0.15, -0.1) is 11.8 Å². The molecule has 2 aliphatic rings. The summed E-state index contributed by atoms with van der Waals surface area (Å²) in [5.74, 6) is 2.16. The average Bonchev–Trinajstić information content (AvgIpc) is 3.82. The molecule has 9 aromatic rings. The van der Waals surface area contributed by atoms with Crippen LogP contribution in [0.4, 0.5) is 0 Å². The molecule has 0 radical (unpaired) electrons. The normalized spacial score (nSPS) is 15.8. The van der Waals surface area contributed by atoms with Crippen LogP contribution in [0.3, 0.4) is 0 Å². The average molecular weight is 735 g/mol. The number of nitrogens with zero attached hydrogens (tertiary/aromatic N) is 4. The van der Waals surface area contributed by atoms with Crippen molar-refractivity contribution in [3.05, 3.63) is 206 Å². The van der Waals surface area contributed by atoms with Gasteiger partial charge in [-0.1, -0.05) is 164 Å². The van der Waals surface area contributed by atoms with Crippen LogP contribution in [0.25, 0.3) is 78.1 Å². The summed E-state index contributed by atoms with van der Waals surface area (Å²) in [7, 11) is 0. The molecule has 7 aromatic carbocycles. The minimum Gasteiger partial charge on any atom is -0.278 e. The van der Waals surface area contributed by atoms with Crippen molar-refractivity contribution in [2.75, 3.05) is 0 Å². The third-order valence-corrected chi connectivity index (χ3v) is 12.5. The second kappa shape index (κ2) is 13.5. The van der Waals surface area contributed by atoms with Crippen molar-refractivity contribution in [1.82, 2.24) is 19.5 Å². The first-order valence-corrected chi connectivity index (χ1v) is 19.9. The van der Waals surface area contributed by atoms with Crippen LogP contribution in [0.5, 0.6) is 0 Å². The smallest absolute Gasteiger partial charge is 0.238 e. The van der Waals surface area contributed by atoms with Gasteiger partial charge >= 0.3 is 0 Å². The first-order valence-electron chi connectivity index (χ1n) is 19.0. The highest BCUT2D eigenvalue weighted by atomic mass is 32.2. The van der Waals surface area contributed by atoms with Crippen LogP contribution >= 0.6 is 11.8 Å². The zero-order valence-electron chi connectivity index (χ0n) is 30.3. The fourth-order valence-corrected chi connectivity index (χ4v) is 9.77. The van der Waals surface area contributed by atoms with E-state index in [1.54, 1.807) is 0 Å². The molecule has 1 aliphatic heterocycles. The number of aromatic nitrogens is 4. The van der Waals surface area contributed by atoms with Gasteiger partial charge in [-0.2, -0.15) is 9.97 Å². The number of benzene rings is 7. The van der Waals surface area contributed by atoms with E-state index in [1.165, 1.54) is 38.3 Å². The van der Waals surface area contributed by atoms with Crippen molar-refractivity contribution in [2.45, 2.75) is 16.1 Å². The van der Waals surface area contributed by atoms with Gasteiger partial charge in [0.05, 0.1) is 11.0 Å². The molecule has 11 rings (SSSR count). The number of hydrogen-bond donors (Lipinski definition) is 0. The lowest BCUT2D eigenvalue weighted by Gasteiger charge is -2.23. The lowest BCUT2D eigenvalue weighted by Crippen LogP contribution is -2.17. The molecule has 0 saturated heterocycles. The molecule has 4 nitrogen and oxygen atoms in total. The Morgan fingerprint density at radius 3 is 1.80 bits per heavy atom. The summed E-state index contributed by atoms with van der Waals surface area (Å²) in [6, 6.07) is 62.5. The second-order valence-electron chi connectivity index (χ2n) is 14.4. The van der Waals surface area contributed by atoms with Gasteiger partial charge in [0.15, 0.2) is 11.6 Å². The Labute approximate surface area is 329 Å². The van der Waals surface area contributed by atoms with E-state index in [0.717, 1.165) is 38.5 Å². The fourth-order valence-electron chi connectivity index (χ4n) is 8.32. The lowest BCUT2D eigenvalue weighted by atomic mass is 9.86. The van der Waals surface area contributed by atoms with E-state index < -0.39 is 0 Å². The maximum Gasteiger partial charge on any atom is 0.238 e. The topological polar surface area (TPSA) is 43.6 Å². The largest absolute Gasteiger partial charge is 0.278 e. The van der Waals surface area contributed by atoms with E-state index in [1.807, 2.05) is 30.0 Å². The van der Waals surface area contributed by atoms with Gasteiger partial charge in [0.25, 0.3) is 0 Å². The molecule has 3 heterocycles. The fraction of sp³-hybridized carbons (Fsp3) is 0.0392. The van der Waals surface area contributed by atoms with E-state index in [2.05, 4.69) is 181 Å². The van der Waals surface area contributed by atoms with Crippen LogP contribution in [0.2, 0.25) is 0 Å².